The molecule has 53 heavy (non-hydrogen) atoms. The normalized spacial score (nSPS) is 18.6. The van der Waals surface area contributed by atoms with Gasteiger partial charge in [0, 0.05) is 50.8 Å². The summed E-state index contributed by atoms with van der Waals surface area (Å²) in [5.41, 5.74) is 15.6. The first-order chi connectivity index (χ1) is 26.0. The average molecular weight is 683 g/mol. The Morgan fingerprint density at radius 3 is 2.08 bits per heavy atom. The highest BCUT2D eigenvalue weighted by atomic mass is 15.2. The van der Waals surface area contributed by atoms with E-state index in [1.54, 1.807) is 0 Å². The van der Waals surface area contributed by atoms with Gasteiger partial charge in [-0.1, -0.05) is 147 Å². The molecule has 1 heterocycles. The molecule has 0 aliphatic heterocycles. The van der Waals surface area contributed by atoms with Gasteiger partial charge >= 0.3 is 0 Å². The molecule has 3 aliphatic rings. The van der Waals surface area contributed by atoms with Crippen molar-refractivity contribution in [3.05, 3.63) is 216 Å². The highest BCUT2D eigenvalue weighted by Gasteiger charge is 2.42. The number of hydrogen-bond acceptors (Lipinski definition) is 1. The van der Waals surface area contributed by atoms with Crippen molar-refractivity contribution >= 4 is 27.5 Å². The number of anilines is 1. The quantitative estimate of drug-likeness (QED) is 0.169. The summed E-state index contributed by atoms with van der Waals surface area (Å²) in [6.07, 6.45) is 14.1. The molecule has 1 aromatic heterocycles. The highest BCUT2D eigenvalue weighted by Crippen LogP contribution is 2.54. The SMILES string of the molecule is CC1(C)C2=CC(N(C3=CCC(c4ccccc4)C=C3)c3ccc(-c4ccc5c(c4)c4ccccc4n5-c4ccccc4)cc3)=CCC2c2ccccc21. The van der Waals surface area contributed by atoms with E-state index in [0.29, 0.717) is 11.8 Å². The Morgan fingerprint density at radius 1 is 0.604 bits per heavy atom. The van der Waals surface area contributed by atoms with Crippen LogP contribution in [0, 0.1) is 0 Å². The number of aromatic nitrogens is 1. The molecule has 0 saturated carbocycles. The van der Waals surface area contributed by atoms with E-state index in [2.05, 4.69) is 205 Å². The minimum atomic E-state index is -0.00619. The van der Waals surface area contributed by atoms with Crippen LogP contribution in [0.15, 0.2) is 199 Å². The Balaban J connectivity index is 1.03. The molecule has 0 fully saturated rings. The summed E-state index contributed by atoms with van der Waals surface area (Å²) in [6.45, 7) is 4.80. The van der Waals surface area contributed by atoms with Gasteiger partial charge in [0.05, 0.1) is 11.0 Å². The van der Waals surface area contributed by atoms with Crippen molar-refractivity contribution in [2.75, 3.05) is 4.90 Å². The van der Waals surface area contributed by atoms with Crippen molar-refractivity contribution in [3.8, 4) is 16.8 Å². The van der Waals surface area contributed by atoms with E-state index in [9.17, 15) is 0 Å². The standard InChI is InChI=1S/C51H42N2/c1-51(2)47-19-11-9-17-43(47)44-31-30-42(34-48(44)51)52(40-26-21-36(22-27-40)35-13-5-3-6-14-35)41-28-23-37(24-29-41)38-25-32-50-46(33-38)45-18-10-12-20-49(45)53(50)39-15-7-4-8-16-39/h3-21,23-30,32-34,36,44H,22,31H2,1-2H3. The zero-order chi connectivity index (χ0) is 35.5. The van der Waals surface area contributed by atoms with E-state index < -0.39 is 0 Å². The average Bonchev–Trinajstić information content (AvgIpc) is 3.67. The molecule has 6 aromatic carbocycles. The lowest BCUT2D eigenvalue weighted by Gasteiger charge is -2.34. The molecular formula is C51H42N2. The van der Waals surface area contributed by atoms with Crippen LogP contribution < -0.4 is 4.90 Å². The molecular weight excluding hydrogens is 641 g/mol. The van der Waals surface area contributed by atoms with E-state index in [-0.39, 0.29) is 5.41 Å². The molecule has 3 aliphatic carbocycles. The van der Waals surface area contributed by atoms with Gasteiger partial charge in [0.2, 0.25) is 0 Å². The molecule has 2 nitrogen and oxygen atoms in total. The first kappa shape index (κ1) is 31.6. The van der Waals surface area contributed by atoms with Crippen LogP contribution >= 0.6 is 0 Å². The molecule has 0 saturated heterocycles. The van der Waals surface area contributed by atoms with Gasteiger partial charge in [-0.25, -0.2) is 0 Å². The molecule has 10 rings (SSSR count). The predicted octanol–water partition coefficient (Wildman–Crippen LogP) is 13.2. The van der Waals surface area contributed by atoms with Crippen LogP contribution in [-0.2, 0) is 5.41 Å². The zero-order valence-electron chi connectivity index (χ0n) is 30.3. The molecule has 7 aromatic rings. The van der Waals surface area contributed by atoms with Gasteiger partial charge in [0.1, 0.15) is 0 Å². The minimum absolute atomic E-state index is 0.00619. The maximum Gasteiger partial charge on any atom is 0.0541 e. The predicted molar refractivity (Wildman–Crippen MR) is 223 cm³/mol. The summed E-state index contributed by atoms with van der Waals surface area (Å²) < 4.78 is 2.38. The van der Waals surface area contributed by atoms with Crippen molar-refractivity contribution in [2.45, 2.75) is 43.9 Å². The van der Waals surface area contributed by atoms with Crippen molar-refractivity contribution < 1.29 is 0 Å². The molecule has 0 radical (unpaired) electrons. The molecule has 0 N–H and O–H groups in total. The number of para-hydroxylation sites is 2. The Bertz CT molecular complexity index is 2630. The van der Waals surface area contributed by atoms with Gasteiger partial charge in [0.25, 0.3) is 0 Å². The third kappa shape index (κ3) is 5.24. The molecule has 0 bridgehead atoms. The fourth-order valence-electron chi connectivity index (χ4n) is 9.26. The lowest BCUT2D eigenvalue weighted by atomic mass is 9.78. The van der Waals surface area contributed by atoms with E-state index in [0.717, 1.165) is 12.8 Å². The first-order valence-corrected chi connectivity index (χ1v) is 19.0. The summed E-state index contributed by atoms with van der Waals surface area (Å²) in [6, 6.07) is 55.5. The maximum absolute atomic E-state index is 2.50. The van der Waals surface area contributed by atoms with Gasteiger partial charge in [-0.3, -0.25) is 0 Å². The topological polar surface area (TPSA) is 8.17 Å². The summed E-state index contributed by atoms with van der Waals surface area (Å²) in [7, 11) is 0. The lowest BCUT2D eigenvalue weighted by Crippen LogP contribution is -2.25. The number of allylic oxidation sites excluding steroid dienone is 6. The minimum Gasteiger partial charge on any atom is -0.311 e. The number of benzene rings is 6. The van der Waals surface area contributed by atoms with Crippen molar-refractivity contribution in [3.63, 3.8) is 0 Å². The van der Waals surface area contributed by atoms with Crippen LogP contribution in [-0.4, -0.2) is 4.57 Å². The second-order valence-electron chi connectivity index (χ2n) is 15.3. The monoisotopic (exact) mass is 682 g/mol. The van der Waals surface area contributed by atoms with Gasteiger partial charge in [-0.15, -0.1) is 0 Å². The van der Waals surface area contributed by atoms with Gasteiger partial charge in [0.15, 0.2) is 0 Å². The Morgan fingerprint density at radius 2 is 1.28 bits per heavy atom. The Kier molecular flexibility index (Phi) is 7.47. The molecule has 0 spiro atoms. The maximum atomic E-state index is 2.50. The molecule has 0 amide bonds. The second kappa shape index (κ2) is 12.5. The van der Waals surface area contributed by atoms with Crippen LogP contribution in [0.5, 0.6) is 0 Å². The molecule has 2 unspecified atom stereocenters. The van der Waals surface area contributed by atoms with Crippen molar-refractivity contribution in [2.24, 2.45) is 0 Å². The number of rotatable bonds is 6. The highest BCUT2D eigenvalue weighted by molar-refractivity contribution is 6.10. The molecule has 2 atom stereocenters. The van der Waals surface area contributed by atoms with Gasteiger partial charge in [-0.05, 0) is 95.3 Å². The largest absolute Gasteiger partial charge is 0.311 e. The van der Waals surface area contributed by atoms with Gasteiger partial charge < -0.3 is 9.47 Å². The van der Waals surface area contributed by atoms with Crippen LogP contribution in [0.3, 0.4) is 0 Å². The number of fused-ring (bicyclic) bond motifs is 6. The smallest absolute Gasteiger partial charge is 0.0541 e. The summed E-state index contributed by atoms with van der Waals surface area (Å²) >= 11 is 0. The fourth-order valence-corrected chi connectivity index (χ4v) is 9.26. The Hall–Kier alpha value is -6.12. The fraction of sp³-hybridized carbons (Fsp3) is 0.137. The Labute approximate surface area is 312 Å². The second-order valence-corrected chi connectivity index (χ2v) is 15.3. The lowest BCUT2D eigenvalue weighted by molar-refractivity contribution is 0.609. The van der Waals surface area contributed by atoms with Crippen LogP contribution in [0.25, 0.3) is 38.6 Å². The third-order valence-electron chi connectivity index (χ3n) is 11.9. The zero-order valence-corrected chi connectivity index (χ0v) is 30.3. The number of hydrogen-bond donors (Lipinski definition) is 0. The van der Waals surface area contributed by atoms with Crippen molar-refractivity contribution in [1.82, 2.24) is 4.57 Å². The molecule has 256 valence electrons. The van der Waals surface area contributed by atoms with E-state index >= 15 is 0 Å². The summed E-state index contributed by atoms with van der Waals surface area (Å²) in [5, 5.41) is 2.54. The number of nitrogens with zero attached hydrogens (tertiary/aromatic N) is 2. The van der Waals surface area contributed by atoms with Gasteiger partial charge in [-0.2, -0.15) is 0 Å². The van der Waals surface area contributed by atoms with Crippen LogP contribution in [0.2, 0.25) is 0 Å². The summed E-state index contributed by atoms with van der Waals surface area (Å²) in [5.74, 6) is 0.827. The van der Waals surface area contributed by atoms with E-state index in [4.69, 9.17) is 0 Å². The first-order valence-electron chi connectivity index (χ1n) is 19.0. The van der Waals surface area contributed by atoms with E-state index in [1.165, 1.54) is 78.0 Å². The summed E-state index contributed by atoms with van der Waals surface area (Å²) in [4.78, 5) is 2.49. The molecule has 2 heteroatoms. The third-order valence-corrected chi connectivity index (χ3v) is 11.9. The van der Waals surface area contributed by atoms with E-state index in [1.807, 2.05) is 0 Å². The van der Waals surface area contributed by atoms with Crippen molar-refractivity contribution in [1.29, 1.82) is 0 Å². The van der Waals surface area contributed by atoms with Crippen LogP contribution in [0.4, 0.5) is 5.69 Å². The van der Waals surface area contributed by atoms with Crippen LogP contribution in [0.1, 0.15) is 55.2 Å².